The Labute approximate surface area is 202 Å². The summed E-state index contributed by atoms with van der Waals surface area (Å²) in [6, 6.07) is 15.8. The standard InChI is InChI=1S/C25H23N3O6S/c1-33-21-8-5-19-12-20(24(29)27-23(19)13-21)16-28(15-17-4-3-11-26-14-17)35(31,32)22-9-6-18(7-10-22)25(30)34-2/h3-14H,15-16H2,1-2H3,(H,27,29). The van der Waals surface area contributed by atoms with Crippen molar-refractivity contribution in [2.24, 2.45) is 0 Å². The molecule has 0 unspecified atom stereocenters. The van der Waals surface area contributed by atoms with Gasteiger partial charge in [-0.15, -0.1) is 0 Å². The van der Waals surface area contributed by atoms with Crippen molar-refractivity contribution in [3.8, 4) is 5.75 Å². The topological polar surface area (TPSA) is 119 Å². The fourth-order valence-corrected chi connectivity index (χ4v) is 5.02. The van der Waals surface area contributed by atoms with Crippen LogP contribution >= 0.6 is 0 Å². The number of carbonyl (C=O) groups is 1. The first-order chi connectivity index (χ1) is 16.8. The van der Waals surface area contributed by atoms with Crippen molar-refractivity contribution in [3.05, 3.63) is 100 Å². The lowest BCUT2D eigenvalue weighted by molar-refractivity contribution is 0.0600. The van der Waals surface area contributed by atoms with E-state index in [0.29, 0.717) is 16.8 Å². The van der Waals surface area contributed by atoms with Crippen molar-refractivity contribution in [1.29, 1.82) is 0 Å². The molecule has 0 saturated carbocycles. The summed E-state index contributed by atoms with van der Waals surface area (Å²) < 4.78 is 38.3. The molecule has 0 radical (unpaired) electrons. The zero-order valence-corrected chi connectivity index (χ0v) is 19.9. The maximum Gasteiger partial charge on any atom is 0.337 e. The Morgan fingerprint density at radius 3 is 2.46 bits per heavy atom. The lowest BCUT2D eigenvalue weighted by atomic mass is 10.1. The highest BCUT2D eigenvalue weighted by Crippen LogP contribution is 2.23. The summed E-state index contributed by atoms with van der Waals surface area (Å²) in [6.07, 6.45) is 3.16. The zero-order valence-electron chi connectivity index (χ0n) is 19.1. The molecular weight excluding hydrogens is 470 g/mol. The molecule has 0 atom stereocenters. The van der Waals surface area contributed by atoms with E-state index in [4.69, 9.17) is 4.74 Å². The van der Waals surface area contributed by atoms with Crippen LogP contribution in [0.2, 0.25) is 0 Å². The van der Waals surface area contributed by atoms with Crippen molar-refractivity contribution in [1.82, 2.24) is 14.3 Å². The van der Waals surface area contributed by atoms with Gasteiger partial charge in [-0.3, -0.25) is 9.78 Å². The SMILES string of the molecule is COC(=O)c1ccc(S(=O)(=O)N(Cc2cccnc2)Cc2cc3ccc(OC)cc3[nH]c2=O)cc1. The lowest BCUT2D eigenvalue weighted by Gasteiger charge is -2.22. The Morgan fingerprint density at radius 2 is 1.80 bits per heavy atom. The predicted molar refractivity (Wildman–Crippen MR) is 130 cm³/mol. The minimum atomic E-state index is -4.05. The van der Waals surface area contributed by atoms with Crippen LogP contribution in [-0.4, -0.2) is 42.9 Å². The van der Waals surface area contributed by atoms with Crippen LogP contribution in [0, 0.1) is 0 Å². The molecule has 0 aliphatic rings. The molecule has 9 nitrogen and oxygen atoms in total. The number of ether oxygens (including phenoxy) is 2. The van der Waals surface area contributed by atoms with Gasteiger partial charge in [-0.05, 0) is 59.5 Å². The van der Waals surface area contributed by atoms with E-state index in [1.807, 2.05) is 0 Å². The van der Waals surface area contributed by atoms with E-state index < -0.39 is 21.6 Å². The zero-order chi connectivity index (χ0) is 25.0. The summed E-state index contributed by atoms with van der Waals surface area (Å²) in [5.74, 6) is 0.0255. The molecule has 0 aliphatic carbocycles. The quantitative estimate of drug-likeness (QED) is 0.375. The van der Waals surface area contributed by atoms with E-state index in [-0.39, 0.29) is 29.1 Å². The molecule has 0 saturated heterocycles. The lowest BCUT2D eigenvalue weighted by Crippen LogP contribution is -2.32. The molecule has 0 amide bonds. The van der Waals surface area contributed by atoms with Crippen molar-refractivity contribution in [3.63, 3.8) is 0 Å². The van der Waals surface area contributed by atoms with Gasteiger partial charge in [-0.1, -0.05) is 6.07 Å². The van der Waals surface area contributed by atoms with Gasteiger partial charge in [-0.2, -0.15) is 4.31 Å². The minimum absolute atomic E-state index is 0.00494. The van der Waals surface area contributed by atoms with Gasteiger partial charge >= 0.3 is 5.97 Å². The predicted octanol–water partition coefficient (Wildman–Crippen LogP) is 3.11. The van der Waals surface area contributed by atoms with Crippen LogP contribution in [0.3, 0.4) is 0 Å². The monoisotopic (exact) mass is 493 g/mol. The second kappa shape index (κ2) is 10.1. The van der Waals surface area contributed by atoms with Crippen molar-refractivity contribution in [2.75, 3.05) is 14.2 Å². The number of nitrogens with one attached hydrogen (secondary N) is 1. The van der Waals surface area contributed by atoms with E-state index in [1.165, 1.54) is 42.8 Å². The van der Waals surface area contributed by atoms with E-state index in [2.05, 4.69) is 14.7 Å². The van der Waals surface area contributed by atoms with Crippen molar-refractivity contribution in [2.45, 2.75) is 18.0 Å². The summed E-state index contributed by atoms with van der Waals surface area (Å²) in [7, 11) is -1.26. The number of sulfonamides is 1. The van der Waals surface area contributed by atoms with E-state index >= 15 is 0 Å². The average Bonchev–Trinajstić information content (AvgIpc) is 2.88. The second-order valence-corrected chi connectivity index (χ2v) is 9.67. The summed E-state index contributed by atoms with van der Waals surface area (Å²) in [5, 5.41) is 0.738. The Bertz CT molecular complexity index is 1520. The molecule has 0 bridgehead atoms. The van der Waals surface area contributed by atoms with E-state index in [0.717, 1.165) is 5.39 Å². The Kier molecular flexibility index (Phi) is 6.94. The van der Waals surface area contributed by atoms with Gasteiger partial charge in [-0.25, -0.2) is 13.2 Å². The van der Waals surface area contributed by atoms with Crippen LogP contribution in [0.15, 0.2) is 82.7 Å². The second-order valence-electron chi connectivity index (χ2n) is 7.73. The number of methoxy groups -OCH3 is 2. The highest BCUT2D eigenvalue weighted by Gasteiger charge is 2.26. The Morgan fingerprint density at radius 1 is 1.03 bits per heavy atom. The fraction of sp³-hybridized carbons (Fsp3) is 0.160. The number of H-pyrrole nitrogens is 1. The number of hydrogen-bond acceptors (Lipinski definition) is 7. The fourth-order valence-electron chi connectivity index (χ4n) is 3.61. The summed E-state index contributed by atoms with van der Waals surface area (Å²) >= 11 is 0. The largest absolute Gasteiger partial charge is 0.497 e. The van der Waals surface area contributed by atoms with Crippen molar-refractivity contribution < 1.29 is 22.7 Å². The Balaban J connectivity index is 1.74. The number of hydrogen-bond donors (Lipinski definition) is 1. The highest BCUT2D eigenvalue weighted by molar-refractivity contribution is 7.89. The van der Waals surface area contributed by atoms with Gasteiger partial charge in [0.05, 0.1) is 30.2 Å². The minimum Gasteiger partial charge on any atom is -0.497 e. The smallest absolute Gasteiger partial charge is 0.337 e. The van der Waals surface area contributed by atoms with Crippen molar-refractivity contribution >= 4 is 26.9 Å². The van der Waals surface area contributed by atoms with E-state index in [1.54, 1.807) is 48.8 Å². The number of nitrogens with zero attached hydrogens (tertiary/aromatic N) is 2. The molecule has 2 heterocycles. The van der Waals surface area contributed by atoms with Gasteiger partial charge < -0.3 is 14.5 Å². The van der Waals surface area contributed by atoms with Gasteiger partial charge in [0.15, 0.2) is 0 Å². The summed E-state index contributed by atoms with van der Waals surface area (Å²) in [6.45, 7) is -0.178. The molecule has 0 aliphatic heterocycles. The summed E-state index contributed by atoms with van der Waals surface area (Å²) in [4.78, 5) is 31.4. The van der Waals surface area contributed by atoms with Crippen LogP contribution < -0.4 is 10.3 Å². The van der Waals surface area contributed by atoms with Crippen LogP contribution in [0.5, 0.6) is 5.75 Å². The first-order valence-electron chi connectivity index (χ1n) is 10.6. The number of benzene rings is 2. The Hall–Kier alpha value is -4.02. The first-order valence-corrected chi connectivity index (χ1v) is 12.0. The molecule has 1 N–H and O–H groups in total. The molecule has 0 fully saturated rings. The van der Waals surface area contributed by atoms with Gasteiger partial charge in [0.2, 0.25) is 10.0 Å². The summed E-state index contributed by atoms with van der Waals surface area (Å²) in [5.41, 5.74) is 1.34. The molecule has 180 valence electrons. The van der Waals surface area contributed by atoms with Crippen LogP contribution in [-0.2, 0) is 27.8 Å². The maximum absolute atomic E-state index is 13.6. The molecule has 4 rings (SSSR count). The third-order valence-corrected chi connectivity index (χ3v) is 7.28. The van der Waals surface area contributed by atoms with E-state index in [9.17, 15) is 18.0 Å². The molecule has 0 spiro atoms. The normalized spacial score (nSPS) is 11.5. The van der Waals surface area contributed by atoms with Crippen LogP contribution in [0.25, 0.3) is 10.9 Å². The number of pyridine rings is 2. The molecule has 35 heavy (non-hydrogen) atoms. The van der Waals surface area contributed by atoms with Gasteiger partial charge in [0.1, 0.15) is 5.75 Å². The maximum atomic E-state index is 13.6. The number of esters is 1. The number of rotatable bonds is 8. The number of carbonyl (C=O) groups excluding carboxylic acids is 1. The molecule has 4 aromatic rings. The molecule has 2 aromatic carbocycles. The van der Waals surface area contributed by atoms with Gasteiger partial charge in [0.25, 0.3) is 5.56 Å². The first kappa shape index (κ1) is 24.1. The van der Waals surface area contributed by atoms with Gasteiger partial charge in [0, 0.05) is 37.1 Å². The van der Waals surface area contributed by atoms with Crippen LogP contribution in [0.1, 0.15) is 21.5 Å². The molecular formula is C25H23N3O6S. The number of aromatic amines is 1. The highest BCUT2D eigenvalue weighted by atomic mass is 32.2. The third kappa shape index (κ3) is 5.23. The van der Waals surface area contributed by atoms with Crippen LogP contribution in [0.4, 0.5) is 0 Å². The number of aromatic nitrogens is 2. The molecule has 2 aromatic heterocycles. The number of fused-ring (bicyclic) bond motifs is 1. The molecule has 10 heteroatoms. The average molecular weight is 494 g/mol. The third-order valence-electron chi connectivity index (χ3n) is 5.47.